The summed E-state index contributed by atoms with van der Waals surface area (Å²) in [6, 6.07) is 12.6. The summed E-state index contributed by atoms with van der Waals surface area (Å²) in [5.41, 5.74) is 1.42. The molecule has 7 heteroatoms. The number of ether oxygens (including phenoxy) is 1. The topological polar surface area (TPSA) is 63.7 Å². The quantitative estimate of drug-likeness (QED) is 0.519. The molecule has 1 atom stereocenters. The molecule has 0 unspecified atom stereocenters. The monoisotopic (exact) mass is 403 g/mol. The summed E-state index contributed by atoms with van der Waals surface area (Å²) < 4.78 is 5.40. The Kier molecular flexibility index (Phi) is 6.19. The van der Waals surface area contributed by atoms with Gasteiger partial charge in [0.05, 0.1) is 11.1 Å². The van der Waals surface area contributed by atoms with Crippen molar-refractivity contribution in [2.24, 2.45) is 0 Å². The van der Waals surface area contributed by atoms with Gasteiger partial charge in [0.1, 0.15) is 12.6 Å². The minimum Gasteiger partial charge on any atom is -0.459 e. The number of rotatable bonds is 7. The minimum absolute atomic E-state index is 0.0505. The molecule has 0 bridgehead atoms. The second-order valence-electron chi connectivity index (χ2n) is 6.06. The maximum Gasteiger partial charge on any atom is 0.329 e. The lowest BCUT2D eigenvalue weighted by molar-refractivity contribution is -0.149. The summed E-state index contributed by atoms with van der Waals surface area (Å²) in [5, 5.41) is 0.592. The van der Waals surface area contributed by atoms with E-state index < -0.39 is 23.8 Å². The number of halogens is 1. The summed E-state index contributed by atoms with van der Waals surface area (Å²) in [6.07, 6.45) is 2.24. The number of hydrogen-bond acceptors (Lipinski definition) is 5. The predicted octanol–water partition coefficient (Wildman–Crippen LogP) is 3.80. The van der Waals surface area contributed by atoms with Crippen LogP contribution in [0.2, 0.25) is 5.02 Å². The first-order chi connectivity index (χ1) is 13.0. The van der Waals surface area contributed by atoms with E-state index >= 15 is 0 Å². The number of carbonyl (C=O) groups excluding carboxylic acids is 3. The summed E-state index contributed by atoms with van der Waals surface area (Å²) in [7, 11) is 0. The number of carbonyl (C=O) groups is 3. The Morgan fingerprint density at radius 2 is 1.67 bits per heavy atom. The van der Waals surface area contributed by atoms with Crippen molar-refractivity contribution in [3.63, 3.8) is 0 Å². The van der Waals surface area contributed by atoms with Crippen LogP contribution < -0.4 is 0 Å². The molecule has 2 amide bonds. The van der Waals surface area contributed by atoms with Gasteiger partial charge in [-0.1, -0.05) is 35.9 Å². The van der Waals surface area contributed by atoms with Gasteiger partial charge in [-0.25, -0.2) is 4.79 Å². The van der Waals surface area contributed by atoms with Crippen LogP contribution in [0.25, 0.3) is 0 Å². The predicted molar refractivity (Wildman–Crippen MR) is 105 cm³/mol. The molecule has 2 aromatic carbocycles. The molecule has 27 heavy (non-hydrogen) atoms. The Morgan fingerprint density at radius 1 is 1.07 bits per heavy atom. The van der Waals surface area contributed by atoms with Crippen molar-refractivity contribution in [3.05, 3.63) is 70.2 Å². The van der Waals surface area contributed by atoms with Crippen LogP contribution in [0.3, 0.4) is 0 Å². The van der Waals surface area contributed by atoms with E-state index in [4.69, 9.17) is 16.3 Å². The summed E-state index contributed by atoms with van der Waals surface area (Å²) in [4.78, 5) is 39.2. The Hall–Kier alpha value is -2.31. The first-order valence-corrected chi connectivity index (χ1v) is 10.2. The molecule has 1 heterocycles. The third-order valence-corrected chi connectivity index (χ3v) is 5.19. The first kappa shape index (κ1) is 19.5. The van der Waals surface area contributed by atoms with Crippen molar-refractivity contribution < 1.29 is 19.1 Å². The van der Waals surface area contributed by atoms with E-state index in [9.17, 15) is 14.4 Å². The highest BCUT2D eigenvalue weighted by Gasteiger charge is 2.43. The third kappa shape index (κ3) is 4.17. The molecule has 2 aromatic rings. The van der Waals surface area contributed by atoms with E-state index in [2.05, 4.69) is 0 Å². The highest BCUT2D eigenvalue weighted by atomic mass is 35.5. The molecule has 0 aliphatic carbocycles. The molecule has 0 fully saturated rings. The maximum atomic E-state index is 12.7. The molecular weight excluding hydrogens is 386 g/mol. The first-order valence-electron chi connectivity index (χ1n) is 8.40. The number of amides is 2. The van der Waals surface area contributed by atoms with Gasteiger partial charge >= 0.3 is 5.97 Å². The normalized spacial score (nSPS) is 14.2. The number of thioether (sulfide) groups is 1. The number of fused-ring (bicyclic) bond motifs is 1. The number of esters is 1. The van der Waals surface area contributed by atoms with E-state index in [0.717, 1.165) is 10.5 Å². The van der Waals surface area contributed by atoms with Gasteiger partial charge in [-0.15, -0.1) is 0 Å². The van der Waals surface area contributed by atoms with Crippen LogP contribution >= 0.6 is 23.4 Å². The van der Waals surface area contributed by atoms with Crippen LogP contribution in [0.4, 0.5) is 0 Å². The van der Waals surface area contributed by atoms with Crippen LogP contribution in [-0.2, 0) is 16.1 Å². The van der Waals surface area contributed by atoms with Gasteiger partial charge in [-0.2, -0.15) is 11.8 Å². The minimum atomic E-state index is -0.947. The molecule has 5 nitrogen and oxygen atoms in total. The van der Waals surface area contributed by atoms with E-state index in [0.29, 0.717) is 28.3 Å². The number of nitrogens with zero attached hydrogens (tertiary/aromatic N) is 1. The Morgan fingerprint density at radius 3 is 2.22 bits per heavy atom. The average Bonchev–Trinajstić information content (AvgIpc) is 2.93. The van der Waals surface area contributed by atoms with Crippen LogP contribution in [-0.4, -0.2) is 40.7 Å². The zero-order valence-corrected chi connectivity index (χ0v) is 16.3. The van der Waals surface area contributed by atoms with Crippen molar-refractivity contribution in [2.45, 2.75) is 19.1 Å². The number of benzene rings is 2. The SMILES string of the molecule is CSCC[C@H](C(=O)OCc1ccc(Cl)cc1)N1C(=O)c2ccccc2C1=O. The average molecular weight is 404 g/mol. The molecular formula is C20H18ClNO4S. The van der Waals surface area contributed by atoms with Crippen LogP contribution in [0.5, 0.6) is 0 Å². The molecule has 0 radical (unpaired) electrons. The van der Waals surface area contributed by atoms with Crippen LogP contribution in [0.15, 0.2) is 48.5 Å². The van der Waals surface area contributed by atoms with Crippen molar-refractivity contribution >= 4 is 41.1 Å². The van der Waals surface area contributed by atoms with Crippen molar-refractivity contribution in [1.29, 1.82) is 0 Å². The van der Waals surface area contributed by atoms with Gasteiger partial charge in [0.25, 0.3) is 11.8 Å². The highest BCUT2D eigenvalue weighted by Crippen LogP contribution is 2.26. The fourth-order valence-corrected chi connectivity index (χ4v) is 3.49. The summed E-state index contributed by atoms with van der Waals surface area (Å²) in [5.74, 6) is -0.877. The zero-order chi connectivity index (χ0) is 19.4. The molecule has 0 saturated heterocycles. The van der Waals surface area contributed by atoms with Crippen molar-refractivity contribution in [1.82, 2.24) is 4.90 Å². The van der Waals surface area contributed by atoms with E-state index in [-0.39, 0.29) is 6.61 Å². The van der Waals surface area contributed by atoms with E-state index in [1.54, 1.807) is 48.5 Å². The Labute approximate surface area is 166 Å². The molecule has 0 saturated carbocycles. The van der Waals surface area contributed by atoms with E-state index in [1.807, 2.05) is 6.26 Å². The molecule has 0 spiro atoms. The molecule has 1 aliphatic heterocycles. The lowest BCUT2D eigenvalue weighted by atomic mass is 10.1. The van der Waals surface area contributed by atoms with Gasteiger partial charge in [-0.3, -0.25) is 14.5 Å². The van der Waals surface area contributed by atoms with Gasteiger partial charge in [-0.05, 0) is 48.3 Å². The lowest BCUT2D eigenvalue weighted by Crippen LogP contribution is -2.46. The second-order valence-corrected chi connectivity index (χ2v) is 7.48. The molecule has 1 aliphatic rings. The van der Waals surface area contributed by atoms with Gasteiger partial charge in [0, 0.05) is 5.02 Å². The second kappa shape index (κ2) is 8.59. The molecule has 0 aromatic heterocycles. The number of imide groups is 1. The standard InChI is InChI=1S/C20H18ClNO4S/c1-27-11-10-17(20(25)26-12-13-6-8-14(21)9-7-13)22-18(23)15-4-2-3-5-16(15)19(22)24/h2-9,17H,10-12H2,1H3/t17-/m1/s1. The van der Waals surface area contributed by atoms with Gasteiger partial charge in [0.15, 0.2) is 0 Å². The lowest BCUT2D eigenvalue weighted by Gasteiger charge is -2.24. The van der Waals surface area contributed by atoms with Gasteiger partial charge < -0.3 is 4.74 Å². The number of hydrogen-bond donors (Lipinski definition) is 0. The van der Waals surface area contributed by atoms with Crippen molar-refractivity contribution in [3.8, 4) is 0 Å². The molecule has 3 rings (SSSR count). The van der Waals surface area contributed by atoms with Crippen molar-refractivity contribution in [2.75, 3.05) is 12.0 Å². The smallest absolute Gasteiger partial charge is 0.329 e. The summed E-state index contributed by atoms with van der Waals surface area (Å²) >= 11 is 7.39. The van der Waals surface area contributed by atoms with E-state index in [1.165, 1.54) is 11.8 Å². The summed E-state index contributed by atoms with van der Waals surface area (Å²) in [6.45, 7) is 0.0505. The highest BCUT2D eigenvalue weighted by molar-refractivity contribution is 7.98. The maximum absolute atomic E-state index is 12.7. The van der Waals surface area contributed by atoms with Crippen LogP contribution in [0, 0.1) is 0 Å². The molecule has 0 N–H and O–H groups in total. The zero-order valence-electron chi connectivity index (χ0n) is 14.7. The Bertz CT molecular complexity index is 834. The van der Waals surface area contributed by atoms with Gasteiger partial charge in [0.2, 0.25) is 0 Å². The third-order valence-electron chi connectivity index (χ3n) is 4.30. The Balaban J connectivity index is 1.77. The largest absolute Gasteiger partial charge is 0.459 e. The van der Waals surface area contributed by atoms with Crippen LogP contribution in [0.1, 0.15) is 32.7 Å². The fourth-order valence-electron chi connectivity index (χ4n) is 2.90. The fraction of sp³-hybridized carbons (Fsp3) is 0.250. The molecule has 140 valence electrons.